The second kappa shape index (κ2) is 10.3. The zero-order chi connectivity index (χ0) is 19.6. The lowest BCUT2D eigenvalue weighted by Crippen LogP contribution is -2.22. The Bertz CT molecular complexity index is 756. The summed E-state index contributed by atoms with van der Waals surface area (Å²) in [6.45, 7) is 2.50. The van der Waals surface area contributed by atoms with Crippen LogP contribution in [0.3, 0.4) is 0 Å². The van der Waals surface area contributed by atoms with Gasteiger partial charge in [-0.1, -0.05) is 37.6 Å². The smallest absolute Gasteiger partial charge is 0.251 e. The van der Waals surface area contributed by atoms with Crippen LogP contribution in [0.4, 0.5) is 0 Å². The van der Waals surface area contributed by atoms with Crippen LogP contribution in [0.25, 0.3) is 6.08 Å². The normalized spacial score (nSPS) is 10.7. The van der Waals surface area contributed by atoms with Crippen molar-refractivity contribution in [2.75, 3.05) is 21.3 Å². The maximum absolute atomic E-state index is 12.4. The van der Waals surface area contributed by atoms with E-state index in [1.807, 2.05) is 36.4 Å². The van der Waals surface area contributed by atoms with E-state index in [1.165, 1.54) is 0 Å². The second-order valence-electron chi connectivity index (χ2n) is 6.03. The van der Waals surface area contributed by atoms with Crippen molar-refractivity contribution in [3.63, 3.8) is 0 Å². The zero-order valence-electron chi connectivity index (χ0n) is 16.4. The third-order valence-electron chi connectivity index (χ3n) is 4.12. The predicted octanol–water partition coefficient (Wildman–Crippen LogP) is 4.46. The molecule has 2 aromatic rings. The number of hydrogen-bond acceptors (Lipinski definition) is 4. The van der Waals surface area contributed by atoms with Gasteiger partial charge in [0.25, 0.3) is 5.91 Å². The van der Waals surface area contributed by atoms with Crippen molar-refractivity contribution in [2.45, 2.75) is 26.3 Å². The minimum Gasteiger partial charge on any atom is -0.493 e. The minimum absolute atomic E-state index is 0.132. The Hall–Kier alpha value is -2.95. The third-order valence-corrected chi connectivity index (χ3v) is 4.12. The monoisotopic (exact) mass is 369 g/mol. The van der Waals surface area contributed by atoms with Crippen LogP contribution in [0, 0.1) is 0 Å². The van der Waals surface area contributed by atoms with Gasteiger partial charge < -0.3 is 19.5 Å². The fourth-order valence-electron chi connectivity index (χ4n) is 2.65. The zero-order valence-corrected chi connectivity index (χ0v) is 16.4. The molecule has 0 saturated heterocycles. The number of amides is 1. The summed E-state index contributed by atoms with van der Waals surface area (Å²) >= 11 is 0. The van der Waals surface area contributed by atoms with Gasteiger partial charge in [-0.05, 0) is 41.8 Å². The van der Waals surface area contributed by atoms with Crippen molar-refractivity contribution in [2.24, 2.45) is 0 Å². The molecule has 0 fully saturated rings. The van der Waals surface area contributed by atoms with Crippen LogP contribution in [-0.2, 0) is 6.54 Å². The highest BCUT2D eigenvalue weighted by Gasteiger charge is 2.14. The fraction of sp³-hybridized carbons (Fsp3) is 0.318. The molecular formula is C22H27NO4. The molecule has 0 aliphatic heterocycles. The standard InChI is InChI=1S/C22H27NO4/c1-5-6-7-8-16-9-11-18(12-10-16)22(24)23-15-17-13-19(25-2)21(27-4)20(14-17)26-3/h7-14H,5-6,15H2,1-4H3,(H,23,24). The summed E-state index contributed by atoms with van der Waals surface area (Å²) in [6.07, 6.45) is 6.38. The molecule has 5 nitrogen and oxygen atoms in total. The summed E-state index contributed by atoms with van der Waals surface area (Å²) in [5, 5.41) is 2.92. The topological polar surface area (TPSA) is 56.8 Å². The number of nitrogens with one attached hydrogen (secondary N) is 1. The summed E-state index contributed by atoms with van der Waals surface area (Å²) in [7, 11) is 4.69. The number of benzene rings is 2. The van der Waals surface area contributed by atoms with Crippen molar-refractivity contribution in [3.05, 3.63) is 59.2 Å². The number of hydrogen-bond donors (Lipinski definition) is 1. The van der Waals surface area contributed by atoms with E-state index in [4.69, 9.17) is 14.2 Å². The maximum Gasteiger partial charge on any atom is 0.251 e. The van der Waals surface area contributed by atoms with Gasteiger partial charge in [-0.3, -0.25) is 4.79 Å². The van der Waals surface area contributed by atoms with E-state index in [2.05, 4.69) is 24.4 Å². The van der Waals surface area contributed by atoms with Crippen LogP contribution in [0.2, 0.25) is 0 Å². The summed E-state index contributed by atoms with van der Waals surface area (Å²) < 4.78 is 16.0. The number of allylic oxidation sites excluding steroid dienone is 1. The SMILES string of the molecule is CCCC=Cc1ccc(C(=O)NCc2cc(OC)c(OC)c(OC)c2)cc1. The van der Waals surface area contributed by atoms with E-state index in [1.54, 1.807) is 21.3 Å². The second-order valence-corrected chi connectivity index (χ2v) is 6.03. The van der Waals surface area contributed by atoms with Crippen LogP contribution >= 0.6 is 0 Å². The van der Waals surface area contributed by atoms with Gasteiger partial charge in [-0.15, -0.1) is 0 Å². The number of carbonyl (C=O) groups is 1. The van der Waals surface area contributed by atoms with Crippen LogP contribution in [0.15, 0.2) is 42.5 Å². The molecule has 1 N–H and O–H groups in total. The van der Waals surface area contributed by atoms with E-state index >= 15 is 0 Å². The molecule has 0 aliphatic carbocycles. The Balaban J connectivity index is 2.04. The number of carbonyl (C=O) groups excluding carboxylic acids is 1. The lowest BCUT2D eigenvalue weighted by molar-refractivity contribution is 0.0951. The number of ether oxygens (including phenoxy) is 3. The lowest BCUT2D eigenvalue weighted by Gasteiger charge is -2.14. The van der Waals surface area contributed by atoms with Gasteiger partial charge in [0.1, 0.15) is 0 Å². The molecule has 0 aliphatic rings. The largest absolute Gasteiger partial charge is 0.493 e. The summed E-state index contributed by atoms with van der Waals surface area (Å²) in [5.41, 5.74) is 2.57. The molecule has 2 aromatic carbocycles. The van der Waals surface area contributed by atoms with Gasteiger partial charge in [0.15, 0.2) is 11.5 Å². The molecule has 0 atom stereocenters. The minimum atomic E-state index is -0.132. The van der Waals surface area contributed by atoms with Gasteiger partial charge in [0, 0.05) is 12.1 Å². The molecule has 0 bridgehead atoms. The number of methoxy groups -OCH3 is 3. The summed E-state index contributed by atoms with van der Waals surface area (Å²) in [4.78, 5) is 12.4. The summed E-state index contributed by atoms with van der Waals surface area (Å²) in [5.74, 6) is 1.52. The van der Waals surface area contributed by atoms with Gasteiger partial charge in [-0.25, -0.2) is 0 Å². The Morgan fingerprint density at radius 1 is 1.00 bits per heavy atom. The van der Waals surface area contributed by atoms with E-state index in [-0.39, 0.29) is 5.91 Å². The lowest BCUT2D eigenvalue weighted by atomic mass is 10.1. The first-order valence-corrected chi connectivity index (χ1v) is 8.96. The first kappa shape index (κ1) is 20.4. The molecule has 1 amide bonds. The van der Waals surface area contributed by atoms with Crippen LogP contribution in [0.1, 0.15) is 41.3 Å². The average molecular weight is 369 g/mol. The first-order chi connectivity index (χ1) is 13.1. The molecule has 0 radical (unpaired) electrons. The predicted molar refractivity (Wildman–Crippen MR) is 108 cm³/mol. The Morgan fingerprint density at radius 2 is 1.63 bits per heavy atom. The van der Waals surface area contributed by atoms with Crippen molar-refractivity contribution in [3.8, 4) is 17.2 Å². The quantitative estimate of drug-likeness (QED) is 0.709. The van der Waals surface area contributed by atoms with E-state index in [0.29, 0.717) is 29.4 Å². The van der Waals surface area contributed by atoms with Crippen LogP contribution in [-0.4, -0.2) is 27.2 Å². The molecule has 0 saturated carbocycles. The molecule has 0 spiro atoms. The number of unbranched alkanes of at least 4 members (excludes halogenated alkanes) is 1. The van der Waals surface area contributed by atoms with Gasteiger partial charge in [-0.2, -0.15) is 0 Å². The Kier molecular flexibility index (Phi) is 7.74. The molecule has 5 heteroatoms. The number of rotatable bonds is 9. The highest BCUT2D eigenvalue weighted by Crippen LogP contribution is 2.38. The molecule has 0 heterocycles. The molecule has 2 rings (SSSR count). The highest BCUT2D eigenvalue weighted by atomic mass is 16.5. The summed E-state index contributed by atoms with van der Waals surface area (Å²) in [6, 6.07) is 11.2. The van der Waals surface area contributed by atoms with Crippen molar-refractivity contribution in [1.29, 1.82) is 0 Å². The Labute approximate surface area is 161 Å². The highest BCUT2D eigenvalue weighted by molar-refractivity contribution is 5.94. The van der Waals surface area contributed by atoms with Gasteiger partial charge in [0.05, 0.1) is 21.3 Å². The van der Waals surface area contributed by atoms with Crippen molar-refractivity contribution in [1.82, 2.24) is 5.32 Å². The molecule has 0 aromatic heterocycles. The van der Waals surface area contributed by atoms with Crippen LogP contribution in [0.5, 0.6) is 17.2 Å². The first-order valence-electron chi connectivity index (χ1n) is 8.96. The molecular weight excluding hydrogens is 342 g/mol. The van der Waals surface area contributed by atoms with Crippen molar-refractivity contribution >= 4 is 12.0 Å². The average Bonchev–Trinajstić information content (AvgIpc) is 2.71. The van der Waals surface area contributed by atoms with Crippen molar-refractivity contribution < 1.29 is 19.0 Å². The molecule has 0 unspecified atom stereocenters. The third kappa shape index (κ3) is 5.51. The molecule has 144 valence electrons. The van der Waals surface area contributed by atoms with Gasteiger partial charge in [0.2, 0.25) is 5.75 Å². The van der Waals surface area contributed by atoms with Crippen LogP contribution < -0.4 is 19.5 Å². The maximum atomic E-state index is 12.4. The van der Waals surface area contributed by atoms with E-state index in [0.717, 1.165) is 24.0 Å². The fourth-order valence-corrected chi connectivity index (χ4v) is 2.65. The van der Waals surface area contributed by atoms with E-state index < -0.39 is 0 Å². The van der Waals surface area contributed by atoms with E-state index in [9.17, 15) is 4.79 Å². The Morgan fingerprint density at radius 3 is 2.15 bits per heavy atom. The molecule has 27 heavy (non-hydrogen) atoms. The van der Waals surface area contributed by atoms with Gasteiger partial charge >= 0.3 is 0 Å².